The Morgan fingerprint density at radius 1 is 1.56 bits per heavy atom. The molecule has 1 N–H and O–H groups in total. The average molecular weight is 219 g/mol. The van der Waals surface area contributed by atoms with E-state index in [1.54, 1.807) is 12.5 Å². The van der Waals surface area contributed by atoms with E-state index in [0.717, 1.165) is 13.1 Å². The number of rotatable bonds is 5. The molecule has 0 fully saturated rings. The average Bonchev–Trinajstić information content (AvgIpc) is 2.89. The lowest BCUT2D eigenvalue weighted by Crippen LogP contribution is -2.23. The molecule has 0 aliphatic carbocycles. The Labute approximate surface area is 95.3 Å². The predicted octanol–water partition coefficient (Wildman–Crippen LogP) is 2.14. The molecule has 0 aliphatic rings. The van der Waals surface area contributed by atoms with Crippen LogP contribution >= 0.6 is 0 Å². The first kappa shape index (κ1) is 11.0. The van der Waals surface area contributed by atoms with Gasteiger partial charge in [0.1, 0.15) is 0 Å². The minimum atomic E-state index is 0.315. The van der Waals surface area contributed by atoms with Crippen LogP contribution in [0.15, 0.2) is 35.4 Å². The summed E-state index contributed by atoms with van der Waals surface area (Å²) in [4.78, 5) is 0. The van der Waals surface area contributed by atoms with Gasteiger partial charge in [0.05, 0.1) is 25.3 Å². The van der Waals surface area contributed by atoms with Crippen molar-refractivity contribution in [1.82, 2.24) is 15.1 Å². The van der Waals surface area contributed by atoms with Crippen LogP contribution in [0.4, 0.5) is 0 Å². The maximum Gasteiger partial charge on any atom is 0.0950 e. The number of furan rings is 1. The van der Waals surface area contributed by atoms with Crippen LogP contribution in [0.1, 0.15) is 24.1 Å². The van der Waals surface area contributed by atoms with E-state index < -0.39 is 0 Å². The van der Waals surface area contributed by atoms with E-state index in [1.807, 2.05) is 30.1 Å². The summed E-state index contributed by atoms with van der Waals surface area (Å²) in [6.45, 7) is 5.95. The molecule has 0 radical (unpaired) electrons. The molecule has 1 unspecified atom stereocenters. The number of hydrogen-bond acceptors (Lipinski definition) is 3. The lowest BCUT2D eigenvalue weighted by Gasteiger charge is -2.11. The number of aromatic nitrogens is 2. The molecule has 2 aromatic rings. The van der Waals surface area contributed by atoms with Crippen molar-refractivity contribution in [1.29, 1.82) is 0 Å². The summed E-state index contributed by atoms with van der Waals surface area (Å²) < 4.78 is 6.99. The van der Waals surface area contributed by atoms with Crippen molar-refractivity contribution in [2.45, 2.75) is 26.4 Å². The second-order valence-electron chi connectivity index (χ2n) is 4.01. The molecule has 0 aliphatic heterocycles. The fourth-order valence-electron chi connectivity index (χ4n) is 1.62. The molecule has 16 heavy (non-hydrogen) atoms. The monoisotopic (exact) mass is 219 g/mol. The van der Waals surface area contributed by atoms with Gasteiger partial charge >= 0.3 is 0 Å². The maximum absolute atomic E-state index is 5.05. The topological polar surface area (TPSA) is 43.0 Å². The van der Waals surface area contributed by atoms with Crippen molar-refractivity contribution in [2.75, 3.05) is 6.54 Å². The minimum absolute atomic E-state index is 0.315. The molecule has 4 nitrogen and oxygen atoms in total. The highest BCUT2D eigenvalue weighted by Crippen LogP contribution is 2.11. The standard InChI is InChI=1S/C12H17N3O/c1-10-7-14-15(8-10)5-4-13-11(2)12-3-6-16-9-12/h3,6-9,11,13H,4-5H2,1-2H3. The Kier molecular flexibility index (Phi) is 3.41. The summed E-state index contributed by atoms with van der Waals surface area (Å²) in [6, 6.07) is 2.30. The van der Waals surface area contributed by atoms with Gasteiger partial charge in [-0.2, -0.15) is 5.10 Å². The molecular weight excluding hydrogens is 202 g/mol. The maximum atomic E-state index is 5.05. The zero-order valence-electron chi connectivity index (χ0n) is 9.68. The lowest BCUT2D eigenvalue weighted by atomic mass is 10.2. The molecule has 0 aromatic carbocycles. The molecule has 0 spiro atoms. The van der Waals surface area contributed by atoms with E-state index in [4.69, 9.17) is 4.42 Å². The number of nitrogens with one attached hydrogen (secondary N) is 1. The first-order valence-corrected chi connectivity index (χ1v) is 5.50. The van der Waals surface area contributed by atoms with Gasteiger partial charge in [-0.1, -0.05) is 0 Å². The number of nitrogens with zero attached hydrogens (tertiary/aromatic N) is 2. The van der Waals surface area contributed by atoms with Gasteiger partial charge in [-0.3, -0.25) is 4.68 Å². The third-order valence-electron chi connectivity index (χ3n) is 2.60. The van der Waals surface area contributed by atoms with E-state index in [-0.39, 0.29) is 0 Å². The van der Waals surface area contributed by atoms with E-state index in [9.17, 15) is 0 Å². The highest BCUT2D eigenvalue weighted by molar-refractivity contribution is 5.10. The quantitative estimate of drug-likeness (QED) is 0.837. The fourth-order valence-corrected chi connectivity index (χ4v) is 1.62. The van der Waals surface area contributed by atoms with Crippen LogP contribution < -0.4 is 5.32 Å². The summed E-state index contributed by atoms with van der Waals surface area (Å²) in [6.07, 6.45) is 7.39. The van der Waals surface area contributed by atoms with Crippen molar-refractivity contribution < 1.29 is 4.42 Å². The van der Waals surface area contributed by atoms with E-state index in [0.29, 0.717) is 6.04 Å². The Bertz CT molecular complexity index is 419. The molecule has 0 amide bonds. The molecule has 0 saturated carbocycles. The highest BCUT2D eigenvalue weighted by Gasteiger charge is 2.05. The van der Waals surface area contributed by atoms with Crippen molar-refractivity contribution in [2.24, 2.45) is 0 Å². The molecular formula is C12H17N3O. The Morgan fingerprint density at radius 3 is 3.06 bits per heavy atom. The van der Waals surface area contributed by atoms with Gasteiger partial charge in [0, 0.05) is 24.3 Å². The van der Waals surface area contributed by atoms with Crippen LogP contribution in [0.25, 0.3) is 0 Å². The smallest absolute Gasteiger partial charge is 0.0950 e. The normalized spacial score (nSPS) is 12.9. The van der Waals surface area contributed by atoms with E-state index >= 15 is 0 Å². The predicted molar refractivity (Wildman–Crippen MR) is 62.1 cm³/mol. The molecule has 0 bridgehead atoms. The van der Waals surface area contributed by atoms with Gasteiger partial charge in [0.15, 0.2) is 0 Å². The first-order valence-electron chi connectivity index (χ1n) is 5.50. The zero-order chi connectivity index (χ0) is 11.4. The molecule has 4 heteroatoms. The zero-order valence-corrected chi connectivity index (χ0v) is 9.68. The Hall–Kier alpha value is -1.55. The van der Waals surface area contributed by atoms with Gasteiger partial charge in [-0.25, -0.2) is 0 Å². The van der Waals surface area contributed by atoms with Crippen molar-refractivity contribution in [3.05, 3.63) is 42.1 Å². The summed E-state index contributed by atoms with van der Waals surface area (Å²) >= 11 is 0. The summed E-state index contributed by atoms with van der Waals surface area (Å²) in [5, 5.41) is 7.66. The van der Waals surface area contributed by atoms with Crippen LogP contribution in [-0.4, -0.2) is 16.3 Å². The van der Waals surface area contributed by atoms with Gasteiger partial charge < -0.3 is 9.73 Å². The molecule has 2 aromatic heterocycles. The highest BCUT2D eigenvalue weighted by atomic mass is 16.3. The van der Waals surface area contributed by atoms with Gasteiger partial charge in [0.2, 0.25) is 0 Å². The summed E-state index contributed by atoms with van der Waals surface area (Å²) in [7, 11) is 0. The number of aryl methyl sites for hydroxylation is 1. The Balaban J connectivity index is 1.76. The Morgan fingerprint density at radius 2 is 2.44 bits per heavy atom. The minimum Gasteiger partial charge on any atom is -0.472 e. The van der Waals surface area contributed by atoms with Crippen molar-refractivity contribution in [3.8, 4) is 0 Å². The second kappa shape index (κ2) is 4.99. The van der Waals surface area contributed by atoms with E-state index in [2.05, 4.69) is 17.3 Å². The largest absolute Gasteiger partial charge is 0.472 e. The van der Waals surface area contributed by atoms with Crippen LogP contribution in [0.2, 0.25) is 0 Å². The molecule has 0 saturated heterocycles. The van der Waals surface area contributed by atoms with Crippen molar-refractivity contribution in [3.63, 3.8) is 0 Å². The van der Waals surface area contributed by atoms with E-state index in [1.165, 1.54) is 11.1 Å². The van der Waals surface area contributed by atoms with Gasteiger partial charge in [0.25, 0.3) is 0 Å². The SMILES string of the molecule is Cc1cnn(CCNC(C)c2ccoc2)c1. The van der Waals surface area contributed by atoms with Crippen LogP contribution in [0.5, 0.6) is 0 Å². The fraction of sp³-hybridized carbons (Fsp3) is 0.417. The second-order valence-corrected chi connectivity index (χ2v) is 4.01. The molecule has 86 valence electrons. The number of hydrogen-bond donors (Lipinski definition) is 1. The summed E-state index contributed by atoms with van der Waals surface area (Å²) in [5.74, 6) is 0. The summed E-state index contributed by atoms with van der Waals surface area (Å²) in [5.41, 5.74) is 2.37. The molecule has 2 heterocycles. The molecule has 2 rings (SSSR count). The first-order chi connectivity index (χ1) is 7.75. The van der Waals surface area contributed by atoms with Crippen LogP contribution in [0.3, 0.4) is 0 Å². The van der Waals surface area contributed by atoms with Crippen molar-refractivity contribution >= 4 is 0 Å². The molecule has 1 atom stereocenters. The lowest BCUT2D eigenvalue weighted by molar-refractivity contribution is 0.499. The van der Waals surface area contributed by atoms with Crippen LogP contribution in [-0.2, 0) is 6.54 Å². The van der Waals surface area contributed by atoms with Gasteiger partial charge in [-0.15, -0.1) is 0 Å². The third-order valence-corrected chi connectivity index (χ3v) is 2.60. The van der Waals surface area contributed by atoms with Gasteiger partial charge in [-0.05, 0) is 25.5 Å². The third kappa shape index (κ3) is 2.73. The van der Waals surface area contributed by atoms with Crippen LogP contribution in [0, 0.1) is 6.92 Å².